The Labute approximate surface area is 120 Å². The van der Waals surface area contributed by atoms with Gasteiger partial charge in [0.2, 0.25) is 0 Å². The van der Waals surface area contributed by atoms with Crippen molar-refractivity contribution in [1.82, 2.24) is 0 Å². The highest BCUT2D eigenvalue weighted by Gasteiger charge is 1.99. The van der Waals surface area contributed by atoms with Gasteiger partial charge in [-0.25, -0.2) is 0 Å². The molecule has 0 fully saturated rings. The fraction of sp³-hybridized carbons (Fsp3) is 0.222. The average molecular weight is 268 g/mol. The van der Waals surface area contributed by atoms with Crippen LogP contribution in [0, 0.1) is 0 Å². The van der Waals surface area contributed by atoms with E-state index >= 15 is 0 Å². The van der Waals surface area contributed by atoms with Crippen LogP contribution in [0.5, 0.6) is 5.75 Å². The number of rotatable bonds is 6. The topological polar surface area (TPSA) is 18.5 Å². The minimum atomic E-state index is 0.0808. The van der Waals surface area contributed by atoms with Crippen LogP contribution in [0.1, 0.15) is 18.1 Å². The van der Waals surface area contributed by atoms with E-state index in [0.717, 1.165) is 11.3 Å². The van der Waals surface area contributed by atoms with Crippen molar-refractivity contribution >= 4 is 6.08 Å². The predicted molar refractivity (Wildman–Crippen MR) is 82.7 cm³/mol. The van der Waals surface area contributed by atoms with Crippen molar-refractivity contribution in [1.29, 1.82) is 0 Å². The molecule has 0 aliphatic carbocycles. The lowest BCUT2D eigenvalue weighted by Gasteiger charge is -2.09. The van der Waals surface area contributed by atoms with Gasteiger partial charge in [0, 0.05) is 0 Å². The molecule has 0 radical (unpaired) electrons. The van der Waals surface area contributed by atoms with Gasteiger partial charge in [-0.1, -0.05) is 54.6 Å². The number of benzene rings is 2. The summed E-state index contributed by atoms with van der Waals surface area (Å²) in [5.41, 5.74) is 2.33. The van der Waals surface area contributed by atoms with Crippen LogP contribution >= 0.6 is 0 Å². The van der Waals surface area contributed by atoms with Crippen molar-refractivity contribution in [3.63, 3.8) is 0 Å². The van der Waals surface area contributed by atoms with Crippen molar-refractivity contribution in [2.24, 2.45) is 0 Å². The molecule has 0 aliphatic heterocycles. The number of hydrogen-bond acceptors (Lipinski definition) is 2. The van der Waals surface area contributed by atoms with Crippen LogP contribution < -0.4 is 4.74 Å². The van der Waals surface area contributed by atoms with E-state index in [1.165, 1.54) is 5.56 Å². The Morgan fingerprint density at radius 1 is 1.00 bits per heavy atom. The minimum absolute atomic E-state index is 0.0808. The second-order valence-electron chi connectivity index (χ2n) is 4.63. The van der Waals surface area contributed by atoms with Crippen molar-refractivity contribution < 1.29 is 9.47 Å². The summed E-state index contributed by atoms with van der Waals surface area (Å²) in [6.45, 7) is 2.65. The maximum absolute atomic E-state index is 5.80. The van der Waals surface area contributed by atoms with E-state index in [2.05, 4.69) is 24.3 Å². The third-order valence-electron chi connectivity index (χ3n) is 3.03. The lowest BCUT2D eigenvalue weighted by molar-refractivity contribution is 0.0845. The van der Waals surface area contributed by atoms with Crippen LogP contribution in [-0.2, 0) is 11.3 Å². The van der Waals surface area contributed by atoms with Gasteiger partial charge in [-0.15, -0.1) is 0 Å². The molecule has 2 aromatic rings. The Hall–Kier alpha value is -2.06. The normalized spacial score (nSPS) is 12.5. The zero-order chi connectivity index (χ0) is 14.2. The van der Waals surface area contributed by atoms with Gasteiger partial charge in [0.25, 0.3) is 0 Å². The van der Waals surface area contributed by atoms with Crippen molar-refractivity contribution in [3.8, 4) is 5.75 Å². The summed E-state index contributed by atoms with van der Waals surface area (Å²) >= 11 is 0. The number of hydrogen-bond donors (Lipinski definition) is 0. The first-order valence-corrected chi connectivity index (χ1v) is 6.76. The molecule has 0 bridgehead atoms. The molecule has 0 heterocycles. The third-order valence-corrected chi connectivity index (χ3v) is 3.03. The maximum atomic E-state index is 5.80. The fourth-order valence-electron chi connectivity index (χ4n) is 1.82. The molecule has 0 saturated carbocycles. The molecule has 2 rings (SSSR count). The highest BCUT2D eigenvalue weighted by Crippen LogP contribution is 2.13. The van der Waals surface area contributed by atoms with Crippen LogP contribution in [0.3, 0.4) is 0 Å². The Balaban J connectivity index is 1.82. The summed E-state index contributed by atoms with van der Waals surface area (Å²) in [5.74, 6) is 0.866. The molecule has 0 aromatic heterocycles. The van der Waals surface area contributed by atoms with E-state index in [0.29, 0.717) is 6.61 Å². The highest BCUT2D eigenvalue weighted by atomic mass is 16.5. The zero-order valence-electron chi connectivity index (χ0n) is 12.0. The molecule has 1 unspecified atom stereocenters. The van der Waals surface area contributed by atoms with Crippen LogP contribution in [0.2, 0.25) is 0 Å². The third kappa shape index (κ3) is 4.56. The molecule has 2 heteroatoms. The fourth-order valence-corrected chi connectivity index (χ4v) is 1.82. The first-order chi connectivity index (χ1) is 9.78. The smallest absolute Gasteiger partial charge is 0.118 e. The van der Waals surface area contributed by atoms with Gasteiger partial charge in [-0.05, 0) is 30.2 Å². The van der Waals surface area contributed by atoms with Gasteiger partial charge in [-0.2, -0.15) is 0 Å². The Morgan fingerprint density at radius 2 is 1.70 bits per heavy atom. The predicted octanol–water partition coefficient (Wildman–Crippen LogP) is 4.31. The lowest BCUT2D eigenvalue weighted by atomic mass is 10.2. The van der Waals surface area contributed by atoms with Crippen molar-refractivity contribution in [3.05, 3.63) is 71.8 Å². The van der Waals surface area contributed by atoms with Crippen LogP contribution in [-0.4, -0.2) is 13.2 Å². The Bertz CT molecular complexity index is 529. The molecular weight excluding hydrogens is 248 g/mol. The first kappa shape index (κ1) is 14.4. The van der Waals surface area contributed by atoms with Crippen LogP contribution in [0.15, 0.2) is 60.7 Å². The second-order valence-corrected chi connectivity index (χ2v) is 4.63. The van der Waals surface area contributed by atoms with Crippen molar-refractivity contribution in [2.45, 2.75) is 19.6 Å². The Kier molecular flexibility index (Phi) is 5.39. The molecule has 0 spiro atoms. The first-order valence-electron chi connectivity index (χ1n) is 6.76. The monoisotopic (exact) mass is 268 g/mol. The standard InChI is InChI=1S/C18H20O2/c1-15(8-9-16-6-4-3-5-7-16)20-14-17-10-12-18(19-2)13-11-17/h3-13,15H,14H2,1-2H3/b9-8+. The molecule has 0 N–H and O–H groups in total. The Morgan fingerprint density at radius 3 is 2.35 bits per heavy atom. The molecule has 20 heavy (non-hydrogen) atoms. The summed E-state index contributed by atoms with van der Waals surface area (Å²) in [5, 5.41) is 0. The second kappa shape index (κ2) is 7.51. The van der Waals surface area contributed by atoms with Crippen molar-refractivity contribution in [2.75, 3.05) is 7.11 Å². The summed E-state index contributed by atoms with van der Waals surface area (Å²) in [6.07, 6.45) is 4.23. The van der Waals surface area contributed by atoms with E-state index in [-0.39, 0.29) is 6.10 Å². The maximum Gasteiger partial charge on any atom is 0.118 e. The summed E-state index contributed by atoms with van der Waals surface area (Å²) in [6, 6.07) is 18.2. The molecule has 1 atom stereocenters. The van der Waals surface area contributed by atoms with Gasteiger partial charge in [0.15, 0.2) is 0 Å². The average Bonchev–Trinajstić information content (AvgIpc) is 2.52. The van der Waals surface area contributed by atoms with Gasteiger partial charge >= 0.3 is 0 Å². The van der Waals surface area contributed by atoms with Gasteiger partial charge < -0.3 is 9.47 Å². The zero-order valence-corrected chi connectivity index (χ0v) is 12.0. The van der Waals surface area contributed by atoms with Gasteiger partial charge in [-0.3, -0.25) is 0 Å². The number of ether oxygens (including phenoxy) is 2. The largest absolute Gasteiger partial charge is 0.497 e. The molecule has 2 nitrogen and oxygen atoms in total. The van der Waals surface area contributed by atoms with Crippen LogP contribution in [0.4, 0.5) is 0 Å². The summed E-state index contributed by atoms with van der Waals surface area (Å²) in [7, 11) is 1.67. The van der Waals surface area contributed by atoms with Crippen LogP contribution in [0.25, 0.3) is 6.08 Å². The minimum Gasteiger partial charge on any atom is -0.497 e. The highest BCUT2D eigenvalue weighted by molar-refractivity contribution is 5.49. The van der Waals surface area contributed by atoms with E-state index in [1.807, 2.05) is 49.4 Å². The van der Waals surface area contributed by atoms with Gasteiger partial charge in [0.05, 0.1) is 19.8 Å². The molecule has 0 saturated heterocycles. The lowest BCUT2D eigenvalue weighted by Crippen LogP contribution is -2.04. The summed E-state index contributed by atoms with van der Waals surface area (Å²) in [4.78, 5) is 0. The van der Waals surface area contributed by atoms with E-state index < -0.39 is 0 Å². The summed E-state index contributed by atoms with van der Waals surface area (Å²) < 4.78 is 10.9. The molecule has 0 aliphatic rings. The van der Waals surface area contributed by atoms with E-state index in [4.69, 9.17) is 9.47 Å². The molecular formula is C18H20O2. The molecule has 2 aromatic carbocycles. The quantitative estimate of drug-likeness (QED) is 0.777. The number of methoxy groups -OCH3 is 1. The van der Waals surface area contributed by atoms with E-state index in [9.17, 15) is 0 Å². The molecule has 0 amide bonds. The van der Waals surface area contributed by atoms with Gasteiger partial charge in [0.1, 0.15) is 5.75 Å². The molecule has 104 valence electrons. The SMILES string of the molecule is COc1ccc(COC(C)/C=C/c2ccccc2)cc1. The van der Waals surface area contributed by atoms with E-state index in [1.54, 1.807) is 7.11 Å².